The lowest BCUT2D eigenvalue weighted by atomic mass is 9.98. The summed E-state index contributed by atoms with van der Waals surface area (Å²) in [5.41, 5.74) is 1.95. The number of carbonyl (C=O) groups excluding carboxylic acids is 1. The molecule has 0 bridgehead atoms. The summed E-state index contributed by atoms with van der Waals surface area (Å²) in [6.07, 6.45) is 3.34. The number of carbonyl (C=O) groups is 1. The molecule has 1 amide bonds. The molecule has 0 saturated carbocycles. The van der Waals surface area contributed by atoms with Gasteiger partial charge in [-0.25, -0.2) is 4.98 Å². The highest BCUT2D eigenvalue weighted by Gasteiger charge is 2.44. The van der Waals surface area contributed by atoms with Crippen LogP contribution < -0.4 is 15.1 Å². The molecule has 0 saturated heterocycles. The first kappa shape index (κ1) is 21.0. The number of amides is 1. The first-order valence-corrected chi connectivity index (χ1v) is 10.7. The minimum Gasteiger partial charge on any atom is -0.490 e. The van der Waals surface area contributed by atoms with E-state index >= 15 is 0 Å². The van der Waals surface area contributed by atoms with E-state index in [-0.39, 0.29) is 16.8 Å². The fourth-order valence-electron chi connectivity index (χ4n) is 4.00. The maximum absolute atomic E-state index is 13.6. The molecule has 4 aromatic rings. The van der Waals surface area contributed by atoms with E-state index in [0.717, 1.165) is 11.1 Å². The Morgan fingerprint density at radius 2 is 1.94 bits per heavy atom. The Balaban J connectivity index is 1.72. The van der Waals surface area contributed by atoms with Crippen LogP contribution in [0.25, 0.3) is 11.0 Å². The molecule has 164 valence electrons. The number of nitrogens with zero attached hydrogens (tertiary/aromatic N) is 2. The van der Waals surface area contributed by atoms with Crippen molar-refractivity contribution in [3.8, 4) is 5.75 Å². The third-order valence-electron chi connectivity index (χ3n) is 5.54. The van der Waals surface area contributed by atoms with E-state index in [4.69, 9.17) is 20.8 Å². The van der Waals surface area contributed by atoms with Crippen molar-refractivity contribution in [2.75, 3.05) is 11.5 Å². The molecule has 0 aliphatic carbocycles. The number of aromatic nitrogens is 1. The Hall–Kier alpha value is -3.90. The fraction of sp³-hybridized carbons (Fsp3) is 0.115. The van der Waals surface area contributed by atoms with E-state index in [9.17, 15) is 9.59 Å². The van der Waals surface area contributed by atoms with E-state index in [1.165, 1.54) is 4.90 Å². The molecular weight excluding hydrogens is 440 g/mol. The zero-order chi connectivity index (χ0) is 23.1. The quantitative estimate of drug-likeness (QED) is 0.371. The minimum atomic E-state index is -0.712. The van der Waals surface area contributed by atoms with E-state index in [0.29, 0.717) is 34.2 Å². The van der Waals surface area contributed by atoms with Crippen molar-refractivity contribution < 1.29 is 13.9 Å². The molecule has 0 radical (unpaired) electrons. The van der Waals surface area contributed by atoms with Crippen LogP contribution >= 0.6 is 11.6 Å². The number of fused-ring (bicyclic) bond motifs is 2. The molecule has 0 N–H and O–H groups in total. The van der Waals surface area contributed by atoms with E-state index in [2.05, 4.69) is 11.6 Å². The van der Waals surface area contributed by atoms with Crippen LogP contribution in [-0.2, 0) is 0 Å². The first-order chi connectivity index (χ1) is 16.0. The van der Waals surface area contributed by atoms with Crippen molar-refractivity contribution in [2.45, 2.75) is 13.0 Å². The lowest BCUT2D eigenvalue weighted by molar-refractivity contribution is 0.0970. The number of pyridine rings is 1. The van der Waals surface area contributed by atoms with Crippen LogP contribution in [0.2, 0.25) is 5.02 Å². The second kappa shape index (κ2) is 8.22. The van der Waals surface area contributed by atoms with Gasteiger partial charge < -0.3 is 9.15 Å². The summed E-state index contributed by atoms with van der Waals surface area (Å²) in [6.45, 7) is 5.94. The van der Waals surface area contributed by atoms with Gasteiger partial charge in [-0.05, 0) is 54.4 Å². The van der Waals surface area contributed by atoms with Gasteiger partial charge in [0.15, 0.2) is 5.43 Å². The number of ether oxygens (including phenoxy) is 1. The zero-order valence-electron chi connectivity index (χ0n) is 17.7. The standard InChI is InChI=1S/C26H19ClN2O4/c1-3-12-32-18-8-5-16(6-9-18)23-22-24(30)19-13-17(27)7-10-20(19)33-25(22)26(31)29(23)21-11-4-15(2)14-28-21/h3-11,13-14,23H,1,12H2,2H3. The summed E-state index contributed by atoms with van der Waals surface area (Å²) in [7, 11) is 0. The molecule has 1 unspecified atom stereocenters. The lowest BCUT2D eigenvalue weighted by Gasteiger charge is -2.24. The summed E-state index contributed by atoms with van der Waals surface area (Å²) in [5.74, 6) is 0.664. The summed E-state index contributed by atoms with van der Waals surface area (Å²) in [6, 6.07) is 14.9. The highest BCUT2D eigenvalue weighted by molar-refractivity contribution is 6.31. The van der Waals surface area contributed by atoms with Crippen LogP contribution in [0.3, 0.4) is 0 Å². The predicted octanol–water partition coefficient (Wildman–Crippen LogP) is 5.46. The number of aryl methyl sites for hydroxylation is 1. The van der Waals surface area contributed by atoms with Crippen LogP contribution in [0.15, 0.2) is 82.7 Å². The van der Waals surface area contributed by atoms with Gasteiger partial charge in [-0.1, -0.05) is 42.5 Å². The van der Waals surface area contributed by atoms with Crippen LogP contribution in [-0.4, -0.2) is 17.5 Å². The fourth-order valence-corrected chi connectivity index (χ4v) is 4.17. The van der Waals surface area contributed by atoms with Crippen LogP contribution in [0.4, 0.5) is 5.82 Å². The highest BCUT2D eigenvalue weighted by Crippen LogP contribution is 2.41. The summed E-state index contributed by atoms with van der Waals surface area (Å²) in [4.78, 5) is 33.1. The van der Waals surface area contributed by atoms with Crippen molar-refractivity contribution in [1.29, 1.82) is 0 Å². The molecule has 5 rings (SSSR count). The van der Waals surface area contributed by atoms with Gasteiger partial charge in [0.25, 0.3) is 5.91 Å². The monoisotopic (exact) mass is 458 g/mol. The number of hydrogen-bond acceptors (Lipinski definition) is 5. The Kier molecular flexibility index (Phi) is 5.23. The molecule has 33 heavy (non-hydrogen) atoms. The van der Waals surface area contributed by atoms with Crippen molar-refractivity contribution >= 4 is 34.3 Å². The van der Waals surface area contributed by atoms with Crippen molar-refractivity contribution in [3.63, 3.8) is 0 Å². The van der Waals surface area contributed by atoms with Gasteiger partial charge in [0.2, 0.25) is 5.76 Å². The summed E-state index contributed by atoms with van der Waals surface area (Å²) < 4.78 is 11.5. The van der Waals surface area contributed by atoms with E-state index in [1.54, 1.807) is 48.7 Å². The highest BCUT2D eigenvalue weighted by atomic mass is 35.5. The zero-order valence-corrected chi connectivity index (χ0v) is 18.5. The molecule has 3 heterocycles. The van der Waals surface area contributed by atoms with Crippen LogP contribution in [0.5, 0.6) is 5.75 Å². The van der Waals surface area contributed by atoms with Gasteiger partial charge in [-0.15, -0.1) is 0 Å². The Bertz CT molecular complexity index is 1440. The normalized spacial score (nSPS) is 15.0. The molecule has 0 spiro atoms. The molecule has 2 aromatic heterocycles. The molecule has 0 fully saturated rings. The van der Waals surface area contributed by atoms with Gasteiger partial charge >= 0.3 is 0 Å². The van der Waals surface area contributed by atoms with E-state index in [1.807, 2.05) is 25.1 Å². The molecule has 6 nitrogen and oxygen atoms in total. The van der Waals surface area contributed by atoms with E-state index < -0.39 is 11.9 Å². The van der Waals surface area contributed by atoms with Gasteiger partial charge in [-0.3, -0.25) is 14.5 Å². The first-order valence-electron chi connectivity index (χ1n) is 10.3. The molecular formula is C26H19ClN2O4. The third kappa shape index (κ3) is 3.58. The average Bonchev–Trinajstić information content (AvgIpc) is 3.11. The summed E-state index contributed by atoms with van der Waals surface area (Å²) >= 11 is 6.13. The topological polar surface area (TPSA) is 72.6 Å². The smallest absolute Gasteiger partial charge is 0.296 e. The number of halogens is 1. The van der Waals surface area contributed by atoms with Gasteiger partial charge in [0.05, 0.1) is 17.0 Å². The largest absolute Gasteiger partial charge is 0.490 e. The van der Waals surface area contributed by atoms with Gasteiger partial charge in [-0.2, -0.15) is 0 Å². The van der Waals surface area contributed by atoms with Crippen molar-refractivity contribution in [1.82, 2.24) is 4.98 Å². The number of rotatable bonds is 5. The van der Waals surface area contributed by atoms with Crippen molar-refractivity contribution in [2.24, 2.45) is 0 Å². The number of anilines is 1. The average molecular weight is 459 g/mol. The molecule has 1 atom stereocenters. The predicted molar refractivity (Wildman–Crippen MR) is 127 cm³/mol. The molecule has 1 aliphatic heterocycles. The van der Waals surface area contributed by atoms with Gasteiger partial charge in [0, 0.05) is 11.2 Å². The Morgan fingerprint density at radius 1 is 1.15 bits per heavy atom. The van der Waals surface area contributed by atoms with Gasteiger partial charge in [0.1, 0.15) is 23.8 Å². The number of hydrogen-bond donors (Lipinski definition) is 0. The van der Waals surface area contributed by atoms with Crippen molar-refractivity contribution in [3.05, 3.63) is 111 Å². The maximum Gasteiger partial charge on any atom is 0.296 e. The SMILES string of the molecule is C=CCOc1ccc(C2c3c(oc4ccc(Cl)cc4c3=O)C(=O)N2c2ccc(C)cn2)cc1. The summed E-state index contributed by atoms with van der Waals surface area (Å²) in [5, 5.41) is 0.736. The van der Waals surface area contributed by atoms with Crippen LogP contribution in [0.1, 0.15) is 33.3 Å². The number of benzene rings is 2. The second-order valence-electron chi connectivity index (χ2n) is 7.75. The third-order valence-corrected chi connectivity index (χ3v) is 5.77. The Morgan fingerprint density at radius 3 is 2.64 bits per heavy atom. The maximum atomic E-state index is 13.6. The molecule has 7 heteroatoms. The second-order valence-corrected chi connectivity index (χ2v) is 8.19. The minimum absolute atomic E-state index is 0.00850. The van der Waals surface area contributed by atoms with Crippen LogP contribution in [0, 0.1) is 6.92 Å². The molecule has 2 aromatic carbocycles. The molecule has 1 aliphatic rings. The lowest BCUT2D eigenvalue weighted by Crippen LogP contribution is -2.30. The Labute approximate surface area is 194 Å².